The molecule has 0 aliphatic heterocycles. The summed E-state index contributed by atoms with van der Waals surface area (Å²) >= 11 is 0. The maximum atomic E-state index is 8.61. The lowest BCUT2D eigenvalue weighted by Crippen LogP contribution is -1.94. The van der Waals surface area contributed by atoms with E-state index in [-0.39, 0.29) is 0 Å². The summed E-state index contributed by atoms with van der Waals surface area (Å²) in [4.78, 5) is 0. The second-order valence-electron chi connectivity index (χ2n) is 4.03. The van der Waals surface area contributed by atoms with Crippen molar-refractivity contribution in [3.63, 3.8) is 0 Å². The van der Waals surface area contributed by atoms with Crippen molar-refractivity contribution < 1.29 is 9.84 Å². The first kappa shape index (κ1) is 13.9. The summed E-state index contributed by atoms with van der Waals surface area (Å²) in [6, 6.07) is 10.2. The van der Waals surface area contributed by atoms with Gasteiger partial charge in [-0.1, -0.05) is 55.3 Å². The smallest absolute Gasteiger partial charge is 0.0650 e. The van der Waals surface area contributed by atoms with Crippen LogP contribution in [-0.4, -0.2) is 24.9 Å². The summed E-state index contributed by atoms with van der Waals surface area (Å²) in [5.41, 5.74) is 1.21. The molecule has 0 atom stereocenters. The molecule has 0 fully saturated rings. The molecule has 17 heavy (non-hydrogen) atoms. The molecule has 1 rings (SSSR count). The van der Waals surface area contributed by atoms with Crippen molar-refractivity contribution >= 4 is 6.08 Å². The van der Waals surface area contributed by atoms with Gasteiger partial charge in [0.2, 0.25) is 0 Å². The molecule has 0 spiro atoms. The molecule has 0 unspecified atom stereocenters. The van der Waals surface area contributed by atoms with Crippen LogP contribution in [-0.2, 0) is 4.74 Å². The minimum Gasteiger partial charge on any atom is -0.396 e. The number of rotatable bonds is 9. The predicted molar refractivity (Wildman–Crippen MR) is 71.8 cm³/mol. The fraction of sp³-hybridized carbons (Fsp3) is 0.467. The van der Waals surface area contributed by atoms with Crippen LogP contribution in [0.15, 0.2) is 36.4 Å². The van der Waals surface area contributed by atoms with Crippen molar-refractivity contribution in [2.45, 2.75) is 25.7 Å². The molecule has 0 aromatic heterocycles. The van der Waals surface area contributed by atoms with Gasteiger partial charge in [-0.3, -0.25) is 0 Å². The van der Waals surface area contributed by atoms with Crippen molar-refractivity contribution in [1.82, 2.24) is 0 Å². The number of aliphatic hydroxyl groups excluding tert-OH is 1. The summed E-state index contributed by atoms with van der Waals surface area (Å²) in [6.45, 7) is 1.79. The van der Waals surface area contributed by atoms with Crippen LogP contribution in [0.4, 0.5) is 0 Å². The van der Waals surface area contributed by atoms with Gasteiger partial charge in [-0.2, -0.15) is 0 Å². The Hall–Kier alpha value is -1.12. The molecule has 0 saturated heterocycles. The summed E-state index contributed by atoms with van der Waals surface area (Å²) < 4.78 is 5.49. The Kier molecular flexibility index (Phi) is 8.25. The molecule has 2 nitrogen and oxygen atoms in total. The van der Waals surface area contributed by atoms with E-state index in [1.807, 2.05) is 24.3 Å². The Morgan fingerprint density at radius 1 is 1.00 bits per heavy atom. The highest BCUT2D eigenvalue weighted by molar-refractivity contribution is 5.48. The molecule has 0 heterocycles. The third-order valence-corrected chi connectivity index (χ3v) is 2.52. The van der Waals surface area contributed by atoms with Gasteiger partial charge < -0.3 is 9.84 Å². The Labute approximate surface area is 104 Å². The molecular weight excluding hydrogens is 212 g/mol. The van der Waals surface area contributed by atoms with E-state index in [1.54, 1.807) is 0 Å². The molecular formula is C15H22O2. The fourth-order valence-corrected chi connectivity index (χ4v) is 1.57. The second-order valence-corrected chi connectivity index (χ2v) is 4.03. The standard InChI is InChI=1S/C15H22O2/c16-12-6-1-2-7-13-17-14-8-11-15-9-4-3-5-10-15/h3-5,8-11,16H,1-2,6-7,12-14H2. The average molecular weight is 234 g/mol. The number of aliphatic hydroxyl groups is 1. The van der Waals surface area contributed by atoms with E-state index in [2.05, 4.69) is 18.2 Å². The highest BCUT2D eigenvalue weighted by Gasteiger charge is 1.89. The van der Waals surface area contributed by atoms with E-state index in [0.29, 0.717) is 13.2 Å². The molecule has 0 radical (unpaired) electrons. The molecule has 2 heteroatoms. The van der Waals surface area contributed by atoms with Crippen LogP contribution >= 0.6 is 0 Å². The summed E-state index contributed by atoms with van der Waals surface area (Å²) in [5.74, 6) is 0. The van der Waals surface area contributed by atoms with Crippen LogP contribution in [0, 0.1) is 0 Å². The van der Waals surface area contributed by atoms with Crippen LogP contribution in [0.3, 0.4) is 0 Å². The first-order valence-corrected chi connectivity index (χ1v) is 6.33. The Bertz CT molecular complexity index is 293. The van der Waals surface area contributed by atoms with Gasteiger partial charge in [0.05, 0.1) is 6.61 Å². The zero-order valence-corrected chi connectivity index (χ0v) is 10.3. The number of unbranched alkanes of at least 4 members (excludes halogenated alkanes) is 3. The second kappa shape index (κ2) is 10.1. The van der Waals surface area contributed by atoms with E-state index >= 15 is 0 Å². The minimum atomic E-state index is 0.306. The summed E-state index contributed by atoms with van der Waals surface area (Å²) in [6.07, 6.45) is 8.35. The number of hydrogen-bond acceptors (Lipinski definition) is 2. The number of hydrogen-bond donors (Lipinski definition) is 1. The molecule has 0 aliphatic rings. The highest BCUT2D eigenvalue weighted by atomic mass is 16.5. The quantitative estimate of drug-likeness (QED) is 0.664. The van der Waals surface area contributed by atoms with Gasteiger partial charge in [0, 0.05) is 13.2 Å². The highest BCUT2D eigenvalue weighted by Crippen LogP contribution is 2.01. The van der Waals surface area contributed by atoms with Gasteiger partial charge >= 0.3 is 0 Å². The van der Waals surface area contributed by atoms with Gasteiger partial charge in [0.1, 0.15) is 0 Å². The average Bonchev–Trinajstić information content (AvgIpc) is 2.38. The van der Waals surface area contributed by atoms with Gasteiger partial charge in [0.15, 0.2) is 0 Å². The third-order valence-electron chi connectivity index (χ3n) is 2.52. The van der Waals surface area contributed by atoms with E-state index in [1.165, 1.54) is 5.56 Å². The Morgan fingerprint density at radius 2 is 1.76 bits per heavy atom. The van der Waals surface area contributed by atoms with Crippen molar-refractivity contribution in [2.75, 3.05) is 19.8 Å². The van der Waals surface area contributed by atoms with Crippen LogP contribution in [0.2, 0.25) is 0 Å². The van der Waals surface area contributed by atoms with Gasteiger partial charge in [-0.05, 0) is 18.4 Å². The molecule has 1 N–H and O–H groups in total. The van der Waals surface area contributed by atoms with Gasteiger partial charge in [-0.15, -0.1) is 0 Å². The predicted octanol–water partition coefficient (Wildman–Crippen LogP) is 3.27. The molecule has 0 amide bonds. The maximum absolute atomic E-state index is 8.61. The Morgan fingerprint density at radius 3 is 2.53 bits per heavy atom. The molecule has 1 aromatic carbocycles. The molecule has 94 valence electrons. The largest absolute Gasteiger partial charge is 0.396 e. The normalized spacial score (nSPS) is 11.1. The minimum absolute atomic E-state index is 0.306. The monoisotopic (exact) mass is 234 g/mol. The van der Waals surface area contributed by atoms with Crippen molar-refractivity contribution in [3.05, 3.63) is 42.0 Å². The van der Waals surface area contributed by atoms with Gasteiger partial charge in [-0.25, -0.2) is 0 Å². The van der Waals surface area contributed by atoms with E-state index < -0.39 is 0 Å². The van der Waals surface area contributed by atoms with Gasteiger partial charge in [0.25, 0.3) is 0 Å². The van der Waals surface area contributed by atoms with Crippen molar-refractivity contribution in [3.8, 4) is 0 Å². The zero-order valence-electron chi connectivity index (χ0n) is 10.3. The molecule has 0 saturated carbocycles. The fourth-order valence-electron chi connectivity index (χ4n) is 1.57. The lowest BCUT2D eigenvalue weighted by molar-refractivity contribution is 0.156. The van der Waals surface area contributed by atoms with Crippen LogP contribution in [0.5, 0.6) is 0 Å². The number of benzene rings is 1. The Balaban J connectivity index is 1.95. The maximum Gasteiger partial charge on any atom is 0.0650 e. The van der Waals surface area contributed by atoms with E-state index in [4.69, 9.17) is 9.84 Å². The van der Waals surface area contributed by atoms with E-state index in [9.17, 15) is 0 Å². The zero-order chi connectivity index (χ0) is 12.2. The van der Waals surface area contributed by atoms with Crippen LogP contribution in [0.25, 0.3) is 6.08 Å². The first-order valence-electron chi connectivity index (χ1n) is 6.33. The molecule has 0 aliphatic carbocycles. The lowest BCUT2D eigenvalue weighted by atomic mass is 10.2. The summed E-state index contributed by atoms with van der Waals surface area (Å²) in [5, 5.41) is 8.61. The third kappa shape index (κ3) is 7.72. The van der Waals surface area contributed by atoms with Crippen LogP contribution < -0.4 is 0 Å². The first-order chi connectivity index (χ1) is 8.43. The van der Waals surface area contributed by atoms with Crippen molar-refractivity contribution in [1.29, 1.82) is 0 Å². The van der Waals surface area contributed by atoms with Crippen LogP contribution in [0.1, 0.15) is 31.2 Å². The lowest BCUT2D eigenvalue weighted by Gasteiger charge is -2.00. The topological polar surface area (TPSA) is 29.5 Å². The SMILES string of the molecule is OCCCCCCOCC=Cc1ccccc1. The molecule has 1 aromatic rings. The molecule has 0 bridgehead atoms. The number of ether oxygens (including phenoxy) is 1. The summed E-state index contributed by atoms with van der Waals surface area (Å²) in [7, 11) is 0. The van der Waals surface area contributed by atoms with E-state index in [0.717, 1.165) is 32.3 Å². The van der Waals surface area contributed by atoms with Crippen molar-refractivity contribution in [2.24, 2.45) is 0 Å².